The molecule has 0 aromatic carbocycles. The van der Waals surface area contributed by atoms with Crippen molar-refractivity contribution in [3.05, 3.63) is 12.2 Å². The van der Waals surface area contributed by atoms with E-state index in [4.69, 9.17) is 9.84 Å². The van der Waals surface area contributed by atoms with Crippen LogP contribution >= 0.6 is 0 Å². The van der Waals surface area contributed by atoms with E-state index in [9.17, 15) is 5.11 Å². The van der Waals surface area contributed by atoms with Gasteiger partial charge < -0.3 is 20.3 Å². The first-order chi connectivity index (χ1) is 9.63. The van der Waals surface area contributed by atoms with Crippen LogP contribution in [0.5, 0.6) is 0 Å². The standard InChI is InChI=1S/C16H31NO3/c1-13-6-3-4-8-15(13)11-20-12-16(19)10-17-14(2)7-5-9-18/h3-4,13-19H,5-12H2,1-2H3. The van der Waals surface area contributed by atoms with E-state index >= 15 is 0 Å². The fourth-order valence-corrected chi connectivity index (χ4v) is 2.49. The summed E-state index contributed by atoms with van der Waals surface area (Å²) in [6.45, 7) is 6.24. The number of rotatable bonds is 10. The minimum atomic E-state index is -0.457. The minimum absolute atomic E-state index is 0.228. The third kappa shape index (κ3) is 7.39. The van der Waals surface area contributed by atoms with Crippen molar-refractivity contribution in [3.8, 4) is 0 Å². The van der Waals surface area contributed by atoms with Gasteiger partial charge in [-0.2, -0.15) is 0 Å². The number of hydrogen-bond acceptors (Lipinski definition) is 4. The molecule has 0 radical (unpaired) electrons. The van der Waals surface area contributed by atoms with E-state index in [2.05, 4.69) is 31.3 Å². The van der Waals surface area contributed by atoms with E-state index < -0.39 is 6.10 Å². The lowest BCUT2D eigenvalue weighted by Gasteiger charge is -2.25. The number of ether oxygens (including phenoxy) is 1. The van der Waals surface area contributed by atoms with Crippen LogP contribution in [0.1, 0.15) is 39.5 Å². The SMILES string of the molecule is CC(CCCO)NCC(O)COCC1CC=CCC1C. The summed E-state index contributed by atoms with van der Waals surface area (Å²) in [6.07, 6.45) is 7.97. The highest BCUT2D eigenvalue weighted by Crippen LogP contribution is 2.24. The molecule has 0 bridgehead atoms. The van der Waals surface area contributed by atoms with Gasteiger partial charge in [0.15, 0.2) is 0 Å². The van der Waals surface area contributed by atoms with Crippen molar-refractivity contribution < 1.29 is 14.9 Å². The quantitative estimate of drug-likeness (QED) is 0.535. The van der Waals surface area contributed by atoms with Crippen molar-refractivity contribution in [2.24, 2.45) is 11.8 Å². The van der Waals surface area contributed by atoms with Crippen LogP contribution in [-0.4, -0.2) is 48.7 Å². The molecule has 4 unspecified atom stereocenters. The van der Waals surface area contributed by atoms with Gasteiger partial charge in [-0.3, -0.25) is 0 Å². The lowest BCUT2D eigenvalue weighted by Crippen LogP contribution is -2.36. The van der Waals surface area contributed by atoms with Crippen molar-refractivity contribution in [3.63, 3.8) is 0 Å². The molecule has 1 aliphatic carbocycles. The third-order valence-electron chi connectivity index (χ3n) is 4.06. The Labute approximate surface area is 123 Å². The molecule has 0 fully saturated rings. The first-order valence-corrected chi connectivity index (χ1v) is 7.88. The van der Waals surface area contributed by atoms with Crippen molar-refractivity contribution in [1.82, 2.24) is 5.32 Å². The highest BCUT2D eigenvalue weighted by molar-refractivity contribution is 4.93. The fraction of sp³-hybridized carbons (Fsp3) is 0.875. The zero-order valence-electron chi connectivity index (χ0n) is 12.9. The van der Waals surface area contributed by atoms with Gasteiger partial charge in [0.1, 0.15) is 0 Å². The molecule has 0 aromatic heterocycles. The summed E-state index contributed by atoms with van der Waals surface area (Å²) in [4.78, 5) is 0. The largest absolute Gasteiger partial charge is 0.396 e. The number of aliphatic hydroxyl groups excluding tert-OH is 2. The molecule has 3 N–H and O–H groups in total. The van der Waals surface area contributed by atoms with Crippen LogP contribution < -0.4 is 5.32 Å². The van der Waals surface area contributed by atoms with Gasteiger partial charge in [-0.1, -0.05) is 19.1 Å². The lowest BCUT2D eigenvalue weighted by molar-refractivity contribution is 0.0119. The highest BCUT2D eigenvalue weighted by Gasteiger charge is 2.18. The molecule has 4 heteroatoms. The zero-order chi connectivity index (χ0) is 14.8. The summed E-state index contributed by atoms with van der Waals surface area (Å²) >= 11 is 0. The first-order valence-electron chi connectivity index (χ1n) is 7.88. The number of hydrogen-bond donors (Lipinski definition) is 3. The molecule has 0 spiro atoms. The van der Waals surface area contributed by atoms with Gasteiger partial charge in [-0.15, -0.1) is 0 Å². The minimum Gasteiger partial charge on any atom is -0.396 e. The average Bonchev–Trinajstić information content (AvgIpc) is 2.45. The predicted molar refractivity (Wildman–Crippen MR) is 81.6 cm³/mol. The van der Waals surface area contributed by atoms with Crippen molar-refractivity contribution >= 4 is 0 Å². The fourth-order valence-electron chi connectivity index (χ4n) is 2.49. The van der Waals surface area contributed by atoms with Crippen molar-refractivity contribution in [2.75, 3.05) is 26.4 Å². The second-order valence-electron chi connectivity index (χ2n) is 6.05. The summed E-state index contributed by atoms with van der Waals surface area (Å²) in [6, 6.07) is 0.320. The maximum absolute atomic E-state index is 9.87. The molecule has 0 saturated carbocycles. The third-order valence-corrected chi connectivity index (χ3v) is 4.06. The van der Waals surface area contributed by atoms with Crippen molar-refractivity contribution in [2.45, 2.75) is 51.7 Å². The van der Waals surface area contributed by atoms with Gasteiger partial charge in [0.25, 0.3) is 0 Å². The zero-order valence-corrected chi connectivity index (χ0v) is 12.9. The number of nitrogens with one attached hydrogen (secondary N) is 1. The molecule has 20 heavy (non-hydrogen) atoms. The lowest BCUT2D eigenvalue weighted by atomic mass is 9.85. The molecule has 1 aliphatic rings. The molecule has 118 valence electrons. The monoisotopic (exact) mass is 285 g/mol. The van der Waals surface area contributed by atoms with Gasteiger partial charge in [0.2, 0.25) is 0 Å². The molecule has 0 heterocycles. The summed E-state index contributed by atoms with van der Waals surface area (Å²) < 4.78 is 5.65. The summed E-state index contributed by atoms with van der Waals surface area (Å²) in [7, 11) is 0. The Hall–Kier alpha value is -0.420. The van der Waals surface area contributed by atoms with Gasteiger partial charge >= 0.3 is 0 Å². The Morgan fingerprint density at radius 2 is 2.10 bits per heavy atom. The number of aliphatic hydroxyl groups is 2. The molecule has 0 amide bonds. The van der Waals surface area contributed by atoms with E-state index in [-0.39, 0.29) is 6.61 Å². The van der Waals surface area contributed by atoms with Crippen molar-refractivity contribution in [1.29, 1.82) is 0 Å². The molecule has 4 nitrogen and oxygen atoms in total. The first kappa shape index (κ1) is 17.6. The second-order valence-corrected chi connectivity index (χ2v) is 6.05. The maximum atomic E-state index is 9.87. The highest BCUT2D eigenvalue weighted by atomic mass is 16.5. The smallest absolute Gasteiger partial charge is 0.0897 e. The van der Waals surface area contributed by atoms with Gasteiger partial charge in [-0.05, 0) is 44.4 Å². The molecule has 1 rings (SSSR count). The van der Waals surface area contributed by atoms with Crippen LogP contribution in [0, 0.1) is 11.8 Å². The Morgan fingerprint density at radius 1 is 1.35 bits per heavy atom. The molecule has 0 saturated heterocycles. The normalized spacial score (nSPS) is 25.6. The van der Waals surface area contributed by atoms with E-state index in [1.165, 1.54) is 0 Å². The Bertz CT molecular complexity index is 270. The van der Waals surface area contributed by atoms with Crippen LogP contribution in [0.2, 0.25) is 0 Å². The summed E-state index contributed by atoms with van der Waals surface area (Å²) in [5.41, 5.74) is 0. The maximum Gasteiger partial charge on any atom is 0.0897 e. The average molecular weight is 285 g/mol. The van der Waals surface area contributed by atoms with Crippen LogP contribution in [0.4, 0.5) is 0 Å². The van der Waals surface area contributed by atoms with Gasteiger partial charge in [0.05, 0.1) is 19.3 Å². The van der Waals surface area contributed by atoms with E-state index in [1.807, 2.05) is 0 Å². The van der Waals surface area contributed by atoms with Crippen LogP contribution in [0.15, 0.2) is 12.2 Å². The van der Waals surface area contributed by atoms with E-state index in [0.29, 0.717) is 31.0 Å². The predicted octanol–water partition coefficient (Wildman–Crippen LogP) is 1.72. The summed E-state index contributed by atoms with van der Waals surface area (Å²) in [5, 5.41) is 21.9. The van der Waals surface area contributed by atoms with Crippen LogP contribution in [-0.2, 0) is 4.74 Å². The van der Waals surface area contributed by atoms with E-state index in [1.54, 1.807) is 0 Å². The Kier molecular flexibility index (Phi) is 9.10. The van der Waals surface area contributed by atoms with E-state index in [0.717, 1.165) is 32.3 Å². The number of allylic oxidation sites excluding steroid dienone is 2. The second kappa shape index (κ2) is 10.3. The Balaban J connectivity index is 2.05. The van der Waals surface area contributed by atoms with Gasteiger partial charge in [0, 0.05) is 19.2 Å². The van der Waals surface area contributed by atoms with Crippen LogP contribution in [0.3, 0.4) is 0 Å². The topological polar surface area (TPSA) is 61.7 Å². The summed E-state index contributed by atoms with van der Waals surface area (Å²) in [5.74, 6) is 1.26. The molecule has 0 aromatic rings. The Morgan fingerprint density at radius 3 is 2.80 bits per heavy atom. The molecule has 0 aliphatic heterocycles. The van der Waals surface area contributed by atoms with Crippen LogP contribution in [0.25, 0.3) is 0 Å². The molecular weight excluding hydrogens is 254 g/mol. The molecular formula is C16H31NO3. The van der Waals surface area contributed by atoms with Gasteiger partial charge in [-0.25, -0.2) is 0 Å². The molecule has 4 atom stereocenters.